The zero-order valence-electron chi connectivity index (χ0n) is 5.90. The molecule has 1 N–H and O–H groups in total. The molecule has 64 valence electrons. The fourth-order valence-corrected chi connectivity index (χ4v) is 0.538. The molecule has 0 aromatic rings. The van der Waals surface area contributed by atoms with Crippen molar-refractivity contribution in [3.8, 4) is 0 Å². The highest BCUT2D eigenvalue weighted by Crippen LogP contribution is 1.96. The van der Waals surface area contributed by atoms with E-state index in [-0.39, 0.29) is 5.76 Å². The minimum atomic E-state index is -4.19. The van der Waals surface area contributed by atoms with Gasteiger partial charge >= 0.3 is 10.1 Å². The molecule has 0 radical (unpaired) electrons. The molecule has 0 fully saturated rings. The first-order chi connectivity index (χ1) is 4.83. The fraction of sp³-hybridized carbons (Fsp3) is 0.400. The standard InChI is InChI=1S/C5H8O5S/c1-4(6)5(2)10-3-11(7,8)9/h2-3H2,1H3,(H,7,8,9). The Bertz CT molecular complexity index is 263. The van der Waals surface area contributed by atoms with Crippen molar-refractivity contribution in [2.45, 2.75) is 6.92 Å². The highest BCUT2D eigenvalue weighted by Gasteiger charge is 2.07. The van der Waals surface area contributed by atoms with Gasteiger partial charge < -0.3 is 4.74 Å². The van der Waals surface area contributed by atoms with Gasteiger partial charge in [0.15, 0.2) is 11.5 Å². The van der Waals surface area contributed by atoms with Crippen molar-refractivity contribution < 1.29 is 22.5 Å². The van der Waals surface area contributed by atoms with Gasteiger partial charge in [-0.25, -0.2) is 0 Å². The second-order valence-corrected chi connectivity index (χ2v) is 3.22. The van der Waals surface area contributed by atoms with E-state index in [1.165, 1.54) is 6.92 Å². The quantitative estimate of drug-likeness (QED) is 0.372. The third kappa shape index (κ3) is 5.56. The van der Waals surface area contributed by atoms with E-state index in [0.29, 0.717) is 0 Å². The molecule has 0 rings (SSSR count). The average Bonchev–Trinajstić information content (AvgIpc) is 1.80. The SMILES string of the molecule is C=C(OCS(=O)(=O)O)C(C)=O. The van der Waals surface area contributed by atoms with Crippen molar-refractivity contribution in [2.75, 3.05) is 5.94 Å². The summed E-state index contributed by atoms with van der Waals surface area (Å²) in [7, 11) is -4.19. The molecule has 0 bridgehead atoms. The summed E-state index contributed by atoms with van der Waals surface area (Å²) in [5.74, 6) is -1.71. The van der Waals surface area contributed by atoms with Crippen molar-refractivity contribution in [3.63, 3.8) is 0 Å². The molecule has 0 spiro atoms. The number of hydrogen-bond acceptors (Lipinski definition) is 4. The molecule has 6 heteroatoms. The summed E-state index contributed by atoms with van der Waals surface area (Å²) in [4.78, 5) is 10.4. The van der Waals surface area contributed by atoms with Gasteiger partial charge in [0, 0.05) is 6.92 Å². The summed E-state index contributed by atoms with van der Waals surface area (Å²) in [6.07, 6.45) is 0. The maximum absolute atomic E-state index is 10.4. The number of hydrogen-bond donors (Lipinski definition) is 1. The van der Waals surface area contributed by atoms with Crippen LogP contribution in [0.15, 0.2) is 12.3 Å². The van der Waals surface area contributed by atoms with Crippen molar-refractivity contribution in [1.29, 1.82) is 0 Å². The second-order valence-electron chi connectivity index (χ2n) is 1.82. The number of ketones is 1. The third-order valence-electron chi connectivity index (χ3n) is 0.775. The van der Waals surface area contributed by atoms with Gasteiger partial charge in [0.05, 0.1) is 0 Å². The number of carbonyl (C=O) groups excluding carboxylic acids is 1. The Morgan fingerprint density at radius 3 is 2.36 bits per heavy atom. The Hall–Kier alpha value is -0.880. The number of allylic oxidation sites excluding steroid dienone is 1. The van der Waals surface area contributed by atoms with Gasteiger partial charge in [0.1, 0.15) is 0 Å². The van der Waals surface area contributed by atoms with E-state index in [9.17, 15) is 13.2 Å². The molecule has 0 unspecified atom stereocenters. The van der Waals surface area contributed by atoms with E-state index in [4.69, 9.17) is 4.55 Å². The number of Topliss-reactive ketones (excluding diaryl/α,β-unsaturated/α-hetero) is 1. The van der Waals surface area contributed by atoms with Crippen molar-refractivity contribution in [2.24, 2.45) is 0 Å². The Morgan fingerprint density at radius 2 is 2.09 bits per heavy atom. The van der Waals surface area contributed by atoms with Gasteiger partial charge in [-0.1, -0.05) is 6.58 Å². The lowest BCUT2D eigenvalue weighted by Gasteiger charge is -2.01. The van der Waals surface area contributed by atoms with E-state index in [1.54, 1.807) is 0 Å². The smallest absolute Gasteiger partial charge is 0.300 e. The van der Waals surface area contributed by atoms with Crippen molar-refractivity contribution in [1.82, 2.24) is 0 Å². The first kappa shape index (κ1) is 10.1. The fourth-order valence-electron chi connectivity index (χ4n) is 0.247. The normalized spacial score (nSPS) is 10.7. The number of ether oxygens (including phenoxy) is 1. The molecule has 0 aliphatic rings. The topological polar surface area (TPSA) is 80.7 Å². The van der Waals surface area contributed by atoms with Gasteiger partial charge in [0.2, 0.25) is 5.94 Å². The maximum Gasteiger partial charge on any atom is 0.300 e. The predicted molar refractivity (Wildman–Crippen MR) is 37.3 cm³/mol. The lowest BCUT2D eigenvalue weighted by atomic mass is 10.4. The molecule has 5 nitrogen and oxygen atoms in total. The van der Waals surface area contributed by atoms with Gasteiger partial charge in [-0.05, 0) is 0 Å². The summed E-state index contributed by atoms with van der Waals surface area (Å²) in [6, 6.07) is 0. The van der Waals surface area contributed by atoms with Crippen LogP contribution < -0.4 is 0 Å². The lowest BCUT2D eigenvalue weighted by Crippen LogP contribution is -2.10. The van der Waals surface area contributed by atoms with Crippen LogP contribution in [0.5, 0.6) is 0 Å². The highest BCUT2D eigenvalue weighted by atomic mass is 32.2. The zero-order chi connectivity index (χ0) is 9.07. The number of carbonyl (C=O) groups is 1. The molecule has 0 aliphatic carbocycles. The van der Waals surface area contributed by atoms with Crippen LogP contribution in [0.2, 0.25) is 0 Å². The first-order valence-electron chi connectivity index (χ1n) is 2.61. The largest absolute Gasteiger partial charge is 0.472 e. The molecule has 0 saturated carbocycles. The van der Waals surface area contributed by atoms with E-state index < -0.39 is 21.8 Å². The monoisotopic (exact) mass is 180 g/mol. The molecule has 0 heterocycles. The van der Waals surface area contributed by atoms with Crippen LogP contribution in [-0.4, -0.2) is 24.7 Å². The van der Waals surface area contributed by atoms with Gasteiger partial charge in [-0.15, -0.1) is 0 Å². The Balaban J connectivity index is 3.92. The molecule has 0 aliphatic heterocycles. The summed E-state index contributed by atoms with van der Waals surface area (Å²) in [5, 5.41) is 0. The van der Waals surface area contributed by atoms with Gasteiger partial charge in [-0.2, -0.15) is 8.42 Å². The molecule has 0 aromatic carbocycles. The first-order valence-corrected chi connectivity index (χ1v) is 4.21. The van der Waals surface area contributed by atoms with Crippen LogP contribution in [0.25, 0.3) is 0 Å². The molecule has 0 amide bonds. The zero-order valence-corrected chi connectivity index (χ0v) is 6.72. The third-order valence-corrected chi connectivity index (χ3v) is 1.19. The van der Waals surface area contributed by atoms with Crippen molar-refractivity contribution >= 4 is 15.9 Å². The average molecular weight is 180 g/mol. The molecule has 11 heavy (non-hydrogen) atoms. The minimum absolute atomic E-state index is 0.289. The van der Waals surface area contributed by atoms with Crippen LogP contribution in [-0.2, 0) is 19.6 Å². The summed E-state index contributed by atoms with van der Waals surface area (Å²) in [5.41, 5.74) is 0. The summed E-state index contributed by atoms with van der Waals surface area (Å²) >= 11 is 0. The predicted octanol–water partition coefficient (Wildman–Crippen LogP) is -0.0490. The molecule has 0 atom stereocenters. The minimum Gasteiger partial charge on any atom is -0.472 e. The molecular formula is C5H8O5S. The van der Waals surface area contributed by atoms with E-state index in [0.717, 1.165) is 0 Å². The lowest BCUT2D eigenvalue weighted by molar-refractivity contribution is -0.116. The van der Waals surface area contributed by atoms with Crippen LogP contribution in [0.4, 0.5) is 0 Å². The summed E-state index contributed by atoms with van der Waals surface area (Å²) < 4.78 is 32.5. The van der Waals surface area contributed by atoms with Crippen LogP contribution in [0.1, 0.15) is 6.92 Å². The Morgan fingerprint density at radius 1 is 1.64 bits per heavy atom. The second kappa shape index (κ2) is 3.49. The summed E-state index contributed by atoms with van der Waals surface area (Å²) in [6.45, 7) is 4.28. The van der Waals surface area contributed by atoms with Crippen LogP contribution >= 0.6 is 0 Å². The number of rotatable bonds is 4. The van der Waals surface area contributed by atoms with E-state index >= 15 is 0 Å². The highest BCUT2D eigenvalue weighted by molar-refractivity contribution is 7.85. The maximum atomic E-state index is 10.4. The van der Waals surface area contributed by atoms with Gasteiger partial charge in [-0.3, -0.25) is 9.35 Å². The van der Waals surface area contributed by atoms with Crippen molar-refractivity contribution in [3.05, 3.63) is 12.3 Å². The molecule has 0 aromatic heterocycles. The van der Waals surface area contributed by atoms with Crippen LogP contribution in [0.3, 0.4) is 0 Å². The van der Waals surface area contributed by atoms with E-state index in [2.05, 4.69) is 11.3 Å². The molecule has 0 saturated heterocycles. The van der Waals surface area contributed by atoms with E-state index in [1.807, 2.05) is 0 Å². The Labute approximate surface area is 64.4 Å². The van der Waals surface area contributed by atoms with Gasteiger partial charge in [0.25, 0.3) is 0 Å². The molecular weight excluding hydrogens is 172 g/mol. The Kier molecular flexibility index (Phi) is 3.21. The van der Waals surface area contributed by atoms with Crippen LogP contribution in [0, 0.1) is 0 Å².